The third kappa shape index (κ3) is 3.28. The highest BCUT2D eigenvalue weighted by Gasteiger charge is 2.14. The Morgan fingerprint density at radius 1 is 1.05 bits per heavy atom. The highest BCUT2D eigenvalue weighted by molar-refractivity contribution is 5.86. The van der Waals surface area contributed by atoms with Gasteiger partial charge >= 0.3 is 6.09 Å². The second kappa shape index (κ2) is 5.48. The van der Waals surface area contributed by atoms with Crippen molar-refractivity contribution in [2.24, 2.45) is 0 Å². The van der Waals surface area contributed by atoms with Gasteiger partial charge in [0.2, 0.25) is 5.75 Å². The van der Waals surface area contributed by atoms with Gasteiger partial charge < -0.3 is 4.74 Å². The lowest BCUT2D eigenvalue weighted by molar-refractivity contribution is 0.210. The van der Waals surface area contributed by atoms with Crippen LogP contribution in [0.5, 0.6) is 5.75 Å². The number of nitrogens with one attached hydrogen (secondary N) is 1. The molecule has 98 valence electrons. The van der Waals surface area contributed by atoms with E-state index in [1.54, 1.807) is 24.3 Å². The van der Waals surface area contributed by atoms with Gasteiger partial charge in [-0.3, -0.25) is 5.32 Å². The standard InChI is InChI=1S/C14H11F2NO2/c1-9-5-7-10(8-6-9)17-14(18)19-13-11(15)3-2-4-12(13)16/h2-8H,1H3,(H,17,18). The van der Waals surface area contributed by atoms with Crippen molar-refractivity contribution in [3.05, 3.63) is 59.7 Å². The molecule has 0 aromatic heterocycles. The third-order valence-corrected chi connectivity index (χ3v) is 2.41. The summed E-state index contributed by atoms with van der Waals surface area (Å²) in [6.45, 7) is 1.90. The molecule has 0 radical (unpaired) electrons. The van der Waals surface area contributed by atoms with Crippen molar-refractivity contribution < 1.29 is 18.3 Å². The number of aryl methyl sites for hydroxylation is 1. The molecule has 0 spiro atoms. The molecule has 0 aliphatic heterocycles. The number of carbonyl (C=O) groups is 1. The van der Waals surface area contributed by atoms with Crippen LogP contribution in [-0.2, 0) is 0 Å². The summed E-state index contributed by atoms with van der Waals surface area (Å²) in [5.74, 6) is -2.58. The molecule has 0 aliphatic carbocycles. The molecule has 0 bridgehead atoms. The molecular formula is C14H11F2NO2. The van der Waals surface area contributed by atoms with Gasteiger partial charge in [0.1, 0.15) is 0 Å². The molecule has 0 unspecified atom stereocenters. The van der Waals surface area contributed by atoms with Crippen LogP contribution < -0.4 is 10.1 Å². The van der Waals surface area contributed by atoms with Crippen LogP contribution >= 0.6 is 0 Å². The van der Waals surface area contributed by atoms with Gasteiger partial charge in [-0.2, -0.15) is 0 Å². The molecule has 0 aliphatic rings. The van der Waals surface area contributed by atoms with E-state index in [1.165, 1.54) is 6.07 Å². The monoisotopic (exact) mass is 263 g/mol. The second-order valence-corrected chi connectivity index (χ2v) is 3.93. The molecule has 1 N–H and O–H groups in total. The number of para-hydroxylation sites is 1. The fourth-order valence-corrected chi connectivity index (χ4v) is 1.45. The van der Waals surface area contributed by atoms with E-state index in [-0.39, 0.29) is 0 Å². The van der Waals surface area contributed by atoms with Crippen LogP contribution in [0.2, 0.25) is 0 Å². The first kappa shape index (κ1) is 13.0. The average Bonchev–Trinajstić information content (AvgIpc) is 2.37. The summed E-state index contributed by atoms with van der Waals surface area (Å²) in [5.41, 5.74) is 1.51. The average molecular weight is 263 g/mol. The zero-order valence-electron chi connectivity index (χ0n) is 10.1. The lowest BCUT2D eigenvalue weighted by Gasteiger charge is -2.08. The number of ether oxygens (including phenoxy) is 1. The molecule has 2 aromatic carbocycles. The number of amides is 1. The first-order valence-corrected chi connectivity index (χ1v) is 5.56. The van der Waals surface area contributed by atoms with Gasteiger partial charge in [0.15, 0.2) is 11.6 Å². The number of carbonyl (C=O) groups excluding carboxylic acids is 1. The number of rotatable bonds is 2. The normalized spacial score (nSPS) is 10.1. The predicted molar refractivity (Wildman–Crippen MR) is 67.2 cm³/mol. The Morgan fingerprint density at radius 2 is 1.63 bits per heavy atom. The summed E-state index contributed by atoms with van der Waals surface area (Å²) in [6.07, 6.45) is -0.951. The topological polar surface area (TPSA) is 38.3 Å². The molecule has 0 fully saturated rings. The van der Waals surface area contributed by atoms with Crippen molar-refractivity contribution in [1.29, 1.82) is 0 Å². The van der Waals surface area contributed by atoms with E-state index >= 15 is 0 Å². The largest absolute Gasteiger partial charge is 0.417 e. The molecule has 1 amide bonds. The molecule has 19 heavy (non-hydrogen) atoms. The van der Waals surface area contributed by atoms with Gasteiger partial charge in [-0.05, 0) is 31.2 Å². The van der Waals surface area contributed by atoms with Crippen molar-refractivity contribution in [3.8, 4) is 5.75 Å². The van der Waals surface area contributed by atoms with E-state index in [9.17, 15) is 13.6 Å². The van der Waals surface area contributed by atoms with Crippen molar-refractivity contribution in [2.75, 3.05) is 5.32 Å². The summed E-state index contributed by atoms with van der Waals surface area (Å²) in [6, 6.07) is 10.1. The summed E-state index contributed by atoms with van der Waals surface area (Å²) >= 11 is 0. The third-order valence-electron chi connectivity index (χ3n) is 2.41. The zero-order chi connectivity index (χ0) is 13.8. The van der Waals surface area contributed by atoms with Gasteiger partial charge in [0.05, 0.1) is 0 Å². The number of hydrogen-bond acceptors (Lipinski definition) is 2. The van der Waals surface area contributed by atoms with Crippen molar-refractivity contribution in [3.63, 3.8) is 0 Å². The minimum absolute atomic E-state index is 0.479. The number of halogens is 2. The van der Waals surface area contributed by atoms with Gasteiger partial charge in [-0.25, -0.2) is 13.6 Å². The van der Waals surface area contributed by atoms with Crippen molar-refractivity contribution in [1.82, 2.24) is 0 Å². The predicted octanol–water partition coefficient (Wildman–Crippen LogP) is 3.88. The fourth-order valence-electron chi connectivity index (χ4n) is 1.45. The minimum Gasteiger partial charge on any atom is -0.404 e. The second-order valence-electron chi connectivity index (χ2n) is 3.93. The van der Waals surface area contributed by atoms with E-state index in [4.69, 9.17) is 0 Å². The Morgan fingerprint density at radius 3 is 2.21 bits per heavy atom. The van der Waals surface area contributed by atoms with E-state index < -0.39 is 23.5 Å². The first-order chi connectivity index (χ1) is 9.06. The van der Waals surface area contributed by atoms with Crippen molar-refractivity contribution >= 4 is 11.8 Å². The van der Waals surface area contributed by atoms with Gasteiger partial charge in [0, 0.05) is 5.69 Å². The quantitative estimate of drug-likeness (QED) is 0.892. The molecular weight excluding hydrogens is 252 g/mol. The molecule has 0 saturated heterocycles. The van der Waals surface area contributed by atoms with E-state index in [0.717, 1.165) is 17.7 Å². The van der Waals surface area contributed by atoms with Gasteiger partial charge in [-0.15, -0.1) is 0 Å². The Kier molecular flexibility index (Phi) is 3.75. The Bertz CT molecular complexity index is 577. The Balaban J connectivity index is 2.07. The summed E-state index contributed by atoms with van der Waals surface area (Å²) in [7, 11) is 0. The van der Waals surface area contributed by atoms with Crippen LogP contribution in [0, 0.1) is 18.6 Å². The van der Waals surface area contributed by atoms with Gasteiger partial charge in [-0.1, -0.05) is 23.8 Å². The lowest BCUT2D eigenvalue weighted by atomic mass is 10.2. The Hall–Kier alpha value is -2.43. The van der Waals surface area contributed by atoms with Crippen molar-refractivity contribution in [2.45, 2.75) is 6.92 Å². The van der Waals surface area contributed by atoms with Crippen LogP contribution in [0.25, 0.3) is 0 Å². The van der Waals surface area contributed by atoms with E-state index in [2.05, 4.69) is 10.1 Å². The SMILES string of the molecule is Cc1ccc(NC(=O)Oc2c(F)cccc2F)cc1. The molecule has 0 saturated carbocycles. The Labute approximate surface area is 108 Å². The molecule has 0 atom stereocenters. The van der Waals surface area contributed by atoms with E-state index in [1.807, 2.05) is 6.92 Å². The van der Waals surface area contributed by atoms with Gasteiger partial charge in [0.25, 0.3) is 0 Å². The van der Waals surface area contributed by atoms with Crippen LogP contribution in [0.3, 0.4) is 0 Å². The zero-order valence-corrected chi connectivity index (χ0v) is 10.1. The first-order valence-electron chi connectivity index (χ1n) is 5.56. The highest BCUT2D eigenvalue weighted by Crippen LogP contribution is 2.21. The maximum atomic E-state index is 13.3. The molecule has 2 rings (SSSR count). The smallest absolute Gasteiger partial charge is 0.404 e. The maximum Gasteiger partial charge on any atom is 0.417 e. The van der Waals surface area contributed by atoms with Crippen LogP contribution in [-0.4, -0.2) is 6.09 Å². The van der Waals surface area contributed by atoms with E-state index in [0.29, 0.717) is 5.69 Å². The molecule has 2 aromatic rings. The highest BCUT2D eigenvalue weighted by atomic mass is 19.1. The molecule has 5 heteroatoms. The number of benzene rings is 2. The summed E-state index contributed by atoms with van der Waals surface area (Å²) in [4.78, 5) is 11.5. The summed E-state index contributed by atoms with van der Waals surface area (Å²) < 4.78 is 31.1. The number of anilines is 1. The molecule has 0 heterocycles. The minimum atomic E-state index is -0.951. The van der Waals surface area contributed by atoms with Crippen LogP contribution in [0.15, 0.2) is 42.5 Å². The van der Waals surface area contributed by atoms with Crippen LogP contribution in [0.1, 0.15) is 5.56 Å². The fraction of sp³-hybridized carbons (Fsp3) is 0.0714. The van der Waals surface area contributed by atoms with Crippen LogP contribution in [0.4, 0.5) is 19.3 Å². The summed E-state index contributed by atoms with van der Waals surface area (Å²) in [5, 5.41) is 2.38. The maximum absolute atomic E-state index is 13.3. The number of hydrogen-bond donors (Lipinski definition) is 1. The molecule has 3 nitrogen and oxygen atoms in total. The lowest BCUT2D eigenvalue weighted by Crippen LogP contribution is -2.18.